The number of hydrogen-bond donors (Lipinski definition) is 1. The van der Waals surface area contributed by atoms with Crippen LogP contribution in [0.25, 0.3) is 0 Å². The van der Waals surface area contributed by atoms with Crippen molar-refractivity contribution in [2.75, 3.05) is 6.54 Å². The van der Waals surface area contributed by atoms with Crippen molar-refractivity contribution in [3.05, 3.63) is 33.3 Å². The van der Waals surface area contributed by atoms with Gasteiger partial charge in [-0.15, -0.1) is 11.3 Å². The summed E-state index contributed by atoms with van der Waals surface area (Å²) in [5, 5.41) is 0.799. The van der Waals surface area contributed by atoms with E-state index in [2.05, 4.69) is 4.98 Å². The van der Waals surface area contributed by atoms with Crippen LogP contribution in [0.4, 0.5) is 0 Å². The molecule has 0 aliphatic carbocycles. The normalized spacial score (nSPS) is 12.9. The second-order valence-corrected chi connectivity index (χ2v) is 6.14. The Morgan fingerprint density at radius 1 is 1.62 bits per heavy atom. The third-order valence-corrected chi connectivity index (χ3v) is 4.58. The van der Waals surface area contributed by atoms with Crippen molar-refractivity contribution in [1.29, 1.82) is 0 Å². The van der Waals surface area contributed by atoms with Crippen LogP contribution in [-0.2, 0) is 0 Å². The van der Waals surface area contributed by atoms with Gasteiger partial charge in [0.25, 0.3) is 5.22 Å². The molecule has 0 radical (unpaired) electrons. The van der Waals surface area contributed by atoms with Gasteiger partial charge in [0.15, 0.2) is 0 Å². The quantitative estimate of drug-likeness (QED) is 0.867. The van der Waals surface area contributed by atoms with Crippen LogP contribution in [0, 0.1) is 6.92 Å². The van der Waals surface area contributed by atoms with Crippen molar-refractivity contribution in [3.8, 4) is 0 Å². The summed E-state index contributed by atoms with van der Waals surface area (Å²) < 4.78 is 6.07. The predicted molar refractivity (Wildman–Crippen MR) is 68.2 cm³/mol. The number of aromatic nitrogens is 1. The van der Waals surface area contributed by atoms with Gasteiger partial charge < -0.3 is 10.2 Å². The van der Waals surface area contributed by atoms with E-state index in [1.54, 1.807) is 17.6 Å². The van der Waals surface area contributed by atoms with E-state index in [9.17, 15) is 0 Å². The Morgan fingerprint density at radius 3 is 2.94 bits per heavy atom. The molecule has 0 aromatic carbocycles. The van der Waals surface area contributed by atoms with Gasteiger partial charge in [0.2, 0.25) is 0 Å². The molecule has 2 aromatic heterocycles. The molecule has 2 N–H and O–H groups in total. The molecule has 0 spiro atoms. The monoisotopic (exact) mass is 274 g/mol. The van der Waals surface area contributed by atoms with Crippen LogP contribution < -0.4 is 5.73 Å². The zero-order chi connectivity index (χ0) is 11.5. The lowest BCUT2D eigenvalue weighted by molar-refractivity contribution is 0.453. The lowest BCUT2D eigenvalue weighted by atomic mass is 10.3. The van der Waals surface area contributed by atoms with Crippen LogP contribution in [0.2, 0.25) is 4.34 Å². The number of oxazole rings is 1. The molecule has 0 saturated heterocycles. The smallest absolute Gasteiger partial charge is 0.256 e. The molecule has 86 valence electrons. The summed E-state index contributed by atoms with van der Waals surface area (Å²) in [5.41, 5.74) is 6.62. The van der Waals surface area contributed by atoms with E-state index in [0.717, 1.165) is 14.9 Å². The van der Waals surface area contributed by atoms with E-state index in [-0.39, 0.29) is 5.25 Å². The standard InChI is InChI=1S/C10H11ClN2OS2/c1-6-5-14-10(13-6)16-8(4-12)7-2-3-9(11)15-7/h2-3,5,8H,4,12H2,1H3. The van der Waals surface area contributed by atoms with E-state index >= 15 is 0 Å². The highest BCUT2D eigenvalue weighted by molar-refractivity contribution is 7.99. The van der Waals surface area contributed by atoms with E-state index in [1.807, 2.05) is 19.1 Å². The average molecular weight is 275 g/mol. The molecule has 2 heterocycles. The third-order valence-electron chi connectivity index (χ3n) is 1.97. The largest absolute Gasteiger partial charge is 0.440 e. The van der Waals surface area contributed by atoms with Gasteiger partial charge in [0.05, 0.1) is 15.3 Å². The third kappa shape index (κ3) is 2.79. The van der Waals surface area contributed by atoms with Crippen molar-refractivity contribution < 1.29 is 4.42 Å². The average Bonchev–Trinajstić information content (AvgIpc) is 2.84. The summed E-state index contributed by atoms with van der Waals surface area (Å²) in [6.45, 7) is 2.43. The minimum Gasteiger partial charge on any atom is -0.440 e. The molecule has 6 heteroatoms. The lowest BCUT2D eigenvalue weighted by Crippen LogP contribution is -2.07. The van der Waals surface area contributed by atoms with E-state index in [4.69, 9.17) is 21.8 Å². The number of aryl methyl sites for hydroxylation is 1. The number of thiophene rings is 1. The molecule has 0 amide bonds. The van der Waals surface area contributed by atoms with Crippen LogP contribution in [0.5, 0.6) is 0 Å². The first-order chi connectivity index (χ1) is 7.69. The maximum atomic E-state index is 5.90. The first kappa shape index (κ1) is 12.0. The summed E-state index contributed by atoms with van der Waals surface area (Å²) in [4.78, 5) is 5.39. The Labute approximate surface area is 107 Å². The Hall–Kier alpha value is -0.490. The minimum absolute atomic E-state index is 0.149. The molecule has 16 heavy (non-hydrogen) atoms. The molecule has 0 fully saturated rings. The van der Waals surface area contributed by atoms with Crippen molar-refractivity contribution in [2.24, 2.45) is 5.73 Å². The van der Waals surface area contributed by atoms with Gasteiger partial charge in [-0.25, -0.2) is 4.98 Å². The lowest BCUT2D eigenvalue weighted by Gasteiger charge is -2.08. The van der Waals surface area contributed by atoms with Gasteiger partial charge in [0, 0.05) is 11.4 Å². The molecule has 1 atom stereocenters. The number of rotatable bonds is 4. The second-order valence-electron chi connectivity index (χ2n) is 3.24. The number of hydrogen-bond acceptors (Lipinski definition) is 5. The zero-order valence-corrected chi connectivity index (χ0v) is 11.0. The van der Waals surface area contributed by atoms with Gasteiger partial charge in [-0.1, -0.05) is 23.4 Å². The first-order valence-corrected chi connectivity index (χ1v) is 6.80. The maximum Gasteiger partial charge on any atom is 0.256 e. The molecule has 0 aliphatic heterocycles. The van der Waals surface area contributed by atoms with E-state index in [1.165, 1.54) is 11.8 Å². The highest BCUT2D eigenvalue weighted by Crippen LogP contribution is 2.38. The Kier molecular flexibility index (Phi) is 3.91. The molecule has 2 rings (SSSR count). The summed E-state index contributed by atoms with van der Waals surface area (Å²) in [7, 11) is 0. The molecule has 2 aromatic rings. The van der Waals surface area contributed by atoms with Crippen molar-refractivity contribution in [2.45, 2.75) is 17.4 Å². The highest BCUT2D eigenvalue weighted by atomic mass is 35.5. The minimum atomic E-state index is 0.149. The zero-order valence-electron chi connectivity index (χ0n) is 8.64. The fourth-order valence-electron chi connectivity index (χ4n) is 1.23. The molecule has 0 aliphatic rings. The van der Waals surface area contributed by atoms with Crippen LogP contribution in [0.1, 0.15) is 15.8 Å². The Bertz CT molecular complexity index is 469. The molecule has 0 saturated carbocycles. The number of thioether (sulfide) groups is 1. The van der Waals surface area contributed by atoms with Crippen LogP contribution in [0.3, 0.4) is 0 Å². The summed E-state index contributed by atoms with van der Waals surface area (Å²) in [5.74, 6) is 0. The van der Waals surface area contributed by atoms with Gasteiger partial charge in [-0.3, -0.25) is 0 Å². The summed E-state index contributed by atoms with van der Waals surface area (Å²) in [6.07, 6.45) is 1.64. The second kappa shape index (κ2) is 5.23. The summed E-state index contributed by atoms with van der Waals surface area (Å²) >= 11 is 8.96. The van der Waals surface area contributed by atoms with E-state index in [0.29, 0.717) is 11.8 Å². The fraction of sp³-hybridized carbons (Fsp3) is 0.300. The predicted octanol–water partition coefficient (Wildman–Crippen LogP) is 3.49. The van der Waals surface area contributed by atoms with Crippen LogP contribution in [-0.4, -0.2) is 11.5 Å². The van der Waals surface area contributed by atoms with Crippen molar-refractivity contribution >= 4 is 34.7 Å². The Balaban J connectivity index is 2.12. The Morgan fingerprint density at radius 2 is 2.44 bits per heavy atom. The maximum absolute atomic E-state index is 5.90. The SMILES string of the molecule is Cc1coc(SC(CN)c2ccc(Cl)s2)n1. The molecular weight excluding hydrogens is 264 g/mol. The number of nitrogens with zero attached hydrogens (tertiary/aromatic N) is 1. The van der Waals surface area contributed by atoms with Crippen LogP contribution in [0.15, 0.2) is 28.0 Å². The van der Waals surface area contributed by atoms with Gasteiger partial charge in [-0.05, 0) is 19.1 Å². The number of nitrogens with two attached hydrogens (primary N) is 1. The van der Waals surface area contributed by atoms with Crippen LogP contribution >= 0.6 is 34.7 Å². The molecule has 1 unspecified atom stereocenters. The molecule has 0 bridgehead atoms. The summed E-state index contributed by atoms with van der Waals surface area (Å²) in [6, 6.07) is 3.87. The van der Waals surface area contributed by atoms with Crippen molar-refractivity contribution in [3.63, 3.8) is 0 Å². The van der Waals surface area contributed by atoms with Crippen molar-refractivity contribution in [1.82, 2.24) is 4.98 Å². The number of halogens is 1. The molecule has 3 nitrogen and oxygen atoms in total. The fourth-order valence-corrected chi connectivity index (χ4v) is 3.41. The van der Waals surface area contributed by atoms with Gasteiger partial charge in [0.1, 0.15) is 6.26 Å². The van der Waals surface area contributed by atoms with Gasteiger partial charge >= 0.3 is 0 Å². The van der Waals surface area contributed by atoms with E-state index < -0.39 is 0 Å². The first-order valence-electron chi connectivity index (χ1n) is 4.73. The highest BCUT2D eigenvalue weighted by Gasteiger charge is 2.16. The van der Waals surface area contributed by atoms with Gasteiger partial charge in [-0.2, -0.15) is 0 Å². The topological polar surface area (TPSA) is 52.0 Å². The molecular formula is C10H11ClN2OS2.